The monoisotopic (exact) mass is 261 g/mol. The van der Waals surface area contributed by atoms with Crippen molar-refractivity contribution in [2.45, 2.75) is 38.6 Å². The minimum Gasteiger partial charge on any atom is -0.363 e. The molecule has 4 nitrogen and oxygen atoms in total. The van der Waals surface area contributed by atoms with E-state index in [9.17, 15) is 4.79 Å². The second-order valence-electron chi connectivity index (χ2n) is 5.73. The standard InChI is InChI=1S/C15H23N3O/c1-11-4-6-13(7-5-11)17-15(19)12-8-9-16-14(10-12)18(2)3/h8-11,13H,4-7H2,1-3H3,(H,17,19). The number of nitrogens with zero attached hydrogens (tertiary/aromatic N) is 2. The van der Waals surface area contributed by atoms with Crippen LogP contribution in [0.4, 0.5) is 5.82 Å². The quantitative estimate of drug-likeness (QED) is 0.909. The average Bonchev–Trinajstić information content (AvgIpc) is 2.41. The molecule has 2 rings (SSSR count). The lowest BCUT2D eigenvalue weighted by Crippen LogP contribution is -2.37. The van der Waals surface area contributed by atoms with Crippen LogP contribution in [0.2, 0.25) is 0 Å². The number of pyridine rings is 1. The maximum atomic E-state index is 12.2. The molecule has 0 atom stereocenters. The fourth-order valence-electron chi connectivity index (χ4n) is 2.48. The summed E-state index contributed by atoms with van der Waals surface area (Å²) in [6, 6.07) is 3.94. The van der Waals surface area contributed by atoms with Crippen molar-refractivity contribution in [2.24, 2.45) is 5.92 Å². The van der Waals surface area contributed by atoms with Crippen molar-refractivity contribution < 1.29 is 4.79 Å². The second-order valence-corrected chi connectivity index (χ2v) is 5.73. The number of hydrogen-bond donors (Lipinski definition) is 1. The molecule has 1 aliphatic carbocycles. The molecule has 1 aromatic rings. The van der Waals surface area contributed by atoms with E-state index in [2.05, 4.69) is 17.2 Å². The topological polar surface area (TPSA) is 45.2 Å². The molecule has 0 spiro atoms. The van der Waals surface area contributed by atoms with Crippen molar-refractivity contribution in [3.05, 3.63) is 23.9 Å². The number of amides is 1. The van der Waals surface area contributed by atoms with Crippen molar-refractivity contribution in [1.29, 1.82) is 0 Å². The summed E-state index contributed by atoms with van der Waals surface area (Å²) in [5.41, 5.74) is 0.692. The largest absolute Gasteiger partial charge is 0.363 e. The Morgan fingerprint density at radius 2 is 2.00 bits per heavy atom. The van der Waals surface area contributed by atoms with Crippen molar-refractivity contribution >= 4 is 11.7 Å². The third kappa shape index (κ3) is 3.69. The Balaban J connectivity index is 1.98. The first kappa shape index (κ1) is 13.8. The van der Waals surface area contributed by atoms with E-state index < -0.39 is 0 Å². The molecule has 0 aromatic carbocycles. The molecule has 104 valence electrons. The lowest BCUT2D eigenvalue weighted by atomic mass is 9.87. The zero-order valence-electron chi connectivity index (χ0n) is 12.0. The Morgan fingerprint density at radius 1 is 1.32 bits per heavy atom. The summed E-state index contributed by atoms with van der Waals surface area (Å²) in [4.78, 5) is 18.3. The number of nitrogens with one attached hydrogen (secondary N) is 1. The molecule has 1 saturated carbocycles. The van der Waals surface area contributed by atoms with Gasteiger partial charge in [0.2, 0.25) is 0 Å². The number of anilines is 1. The predicted molar refractivity (Wildman–Crippen MR) is 77.5 cm³/mol. The minimum absolute atomic E-state index is 0.0186. The van der Waals surface area contributed by atoms with Gasteiger partial charge < -0.3 is 10.2 Å². The number of carbonyl (C=O) groups excluding carboxylic acids is 1. The van der Waals surface area contributed by atoms with E-state index in [1.807, 2.05) is 25.1 Å². The van der Waals surface area contributed by atoms with E-state index >= 15 is 0 Å². The van der Waals surface area contributed by atoms with Gasteiger partial charge in [0.15, 0.2) is 0 Å². The Labute approximate surface area is 115 Å². The van der Waals surface area contributed by atoms with E-state index in [1.54, 1.807) is 12.3 Å². The van der Waals surface area contributed by atoms with Crippen LogP contribution < -0.4 is 10.2 Å². The van der Waals surface area contributed by atoms with Crippen LogP contribution in [0.15, 0.2) is 18.3 Å². The van der Waals surface area contributed by atoms with Crippen molar-refractivity contribution in [1.82, 2.24) is 10.3 Å². The first-order chi connectivity index (χ1) is 9.06. The third-order valence-corrected chi connectivity index (χ3v) is 3.82. The minimum atomic E-state index is 0.0186. The Kier molecular flexibility index (Phi) is 4.40. The SMILES string of the molecule is CC1CCC(NC(=O)c2ccnc(N(C)C)c2)CC1. The Bertz CT molecular complexity index is 437. The highest BCUT2D eigenvalue weighted by Crippen LogP contribution is 2.23. The highest BCUT2D eigenvalue weighted by molar-refractivity contribution is 5.95. The van der Waals surface area contributed by atoms with Gasteiger partial charge in [-0.15, -0.1) is 0 Å². The molecule has 0 aliphatic heterocycles. The first-order valence-electron chi connectivity index (χ1n) is 7.00. The van der Waals surface area contributed by atoms with Crippen LogP contribution >= 0.6 is 0 Å². The molecule has 19 heavy (non-hydrogen) atoms. The first-order valence-corrected chi connectivity index (χ1v) is 7.00. The average molecular weight is 261 g/mol. The van der Waals surface area contributed by atoms with Gasteiger partial charge >= 0.3 is 0 Å². The number of carbonyl (C=O) groups is 1. The summed E-state index contributed by atoms with van der Waals surface area (Å²) < 4.78 is 0. The molecule has 1 amide bonds. The maximum Gasteiger partial charge on any atom is 0.251 e. The van der Waals surface area contributed by atoms with E-state index in [1.165, 1.54) is 12.8 Å². The number of hydrogen-bond acceptors (Lipinski definition) is 3. The van der Waals surface area contributed by atoms with Crippen LogP contribution in [0.1, 0.15) is 43.0 Å². The van der Waals surface area contributed by atoms with Gasteiger partial charge in [0.05, 0.1) is 0 Å². The maximum absolute atomic E-state index is 12.2. The van der Waals surface area contributed by atoms with E-state index in [0.29, 0.717) is 11.6 Å². The third-order valence-electron chi connectivity index (χ3n) is 3.82. The molecule has 0 radical (unpaired) electrons. The van der Waals surface area contributed by atoms with Gasteiger partial charge in [-0.1, -0.05) is 6.92 Å². The number of aromatic nitrogens is 1. The fraction of sp³-hybridized carbons (Fsp3) is 0.600. The molecule has 0 saturated heterocycles. The van der Waals surface area contributed by atoms with Crippen LogP contribution in [0, 0.1) is 5.92 Å². The zero-order chi connectivity index (χ0) is 13.8. The van der Waals surface area contributed by atoms with Gasteiger partial charge in [0, 0.05) is 31.9 Å². The summed E-state index contributed by atoms with van der Waals surface area (Å²) in [5, 5.41) is 3.14. The molecule has 4 heteroatoms. The second kappa shape index (κ2) is 6.04. The number of rotatable bonds is 3. The molecule has 1 aromatic heterocycles. The highest BCUT2D eigenvalue weighted by Gasteiger charge is 2.20. The van der Waals surface area contributed by atoms with Crippen LogP contribution in [0.5, 0.6) is 0 Å². The van der Waals surface area contributed by atoms with Gasteiger partial charge in [-0.25, -0.2) is 4.98 Å². The summed E-state index contributed by atoms with van der Waals surface area (Å²) in [6.07, 6.45) is 6.30. The van der Waals surface area contributed by atoms with E-state index in [4.69, 9.17) is 0 Å². The van der Waals surface area contributed by atoms with Crippen LogP contribution in [-0.4, -0.2) is 31.0 Å². The summed E-state index contributed by atoms with van der Waals surface area (Å²) >= 11 is 0. The molecule has 0 bridgehead atoms. The van der Waals surface area contributed by atoms with Gasteiger partial charge in [-0.05, 0) is 43.7 Å². The van der Waals surface area contributed by atoms with Crippen LogP contribution in [-0.2, 0) is 0 Å². The molecule has 1 N–H and O–H groups in total. The molecule has 1 heterocycles. The Hall–Kier alpha value is -1.58. The smallest absolute Gasteiger partial charge is 0.251 e. The van der Waals surface area contributed by atoms with E-state index in [-0.39, 0.29) is 5.91 Å². The highest BCUT2D eigenvalue weighted by atomic mass is 16.1. The zero-order valence-corrected chi connectivity index (χ0v) is 12.0. The van der Waals surface area contributed by atoms with Gasteiger partial charge in [0.1, 0.15) is 5.82 Å². The summed E-state index contributed by atoms with van der Waals surface area (Å²) in [7, 11) is 3.85. The van der Waals surface area contributed by atoms with Crippen LogP contribution in [0.25, 0.3) is 0 Å². The van der Waals surface area contributed by atoms with Gasteiger partial charge in [-0.2, -0.15) is 0 Å². The molecule has 0 unspecified atom stereocenters. The molecule has 1 aliphatic rings. The van der Waals surface area contributed by atoms with Crippen molar-refractivity contribution in [3.8, 4) is 0 Å². The Morgan fingerprint density at radius 3 is 2.63 bits per heavy atom. The molecule has 1 fully saturated rings. The van der Waals surface area contributed by atoms with Crippen molar-refractivity contribution in [3.63, 3.8) is 0 Å². The lowest BCUT2D eigenvalue weighted by molar-refractivity contribution is 0.0923. The van der Waals surface area contributed by atoms with E-state index in [0.717, 1.165) is 24.6 Å². The van der Waals surface area contributed by atoms with Gasteiger partial charge in [0.25, 0.3) is 5.91 Å². The van der Waals surface area contributed by atoms with Crippen molar-refractivity contribution in [2.75, 3.05) is 19.0 Å². The fourth-order valence-corrected chi connectivity index (χ4v) is 2.48. The summed E-state index contributed by atoms with van der Waals surface area (Å²) in [5.74, 6) is 1.63. The van der Waals surface area contributed by atoms with Crippen LogP contribution in [0.3, 0.4) is 0 Å². The molecular weight excluding hydrogens is 238 g/mol. The molecular formula is C15H23N3O. The normalized spacial score (nSPS) is 22.9. The lowest BCUT2D eigenvalue weighted by Gasteiger charge is -2.27. The summed E-state index contributed by atoms with van der Waals surface area (Å²) in [6.45, 7) is 2.28. The van der Waals surface area contributed by atoms with Gasteiger partial charge in [-0.3, -0.25) is 4.79 Å². The predicted octanol–water partition coefficient (Wildman–Crippen LogP) is 2.46.